The van der Waals surface area contributed by atoms with Gasteiger partial charge in [-0.3, -0.25) is 14.5 Å². The van der Waals surface area contributed by atoms with Crippen molar-refractivity contribution in [3.05, 3.63) is 82.6 Å². The van der Waals surface area contributed by atoms with Gasteiger partial charge in [0.05, 0.1) is 0 Å². The number of allylic oxidation sites excluding steroid dienone is 2. The number of hydrogen-bond acceptors (Lipinski definition) is 3. The second-order valence-electron chi connectivity index (χ2n) is 8.87. The Balaban J connectivity index is 1.71. The Bertz CT molecular complexity index is 1110. The number of nitrogens with zero attached hydrogens (tertiary/aromatic N) is 2. The Morgan fingerprint density at radius 3 is 2.45 bits per heavy atom. The first-order valence-corrected chi connectivity index (χ1v) is 11.6. The summed E-state index contributed by atoms with van der Waals surface area (Å²) in [5.41, 5.74) is 3.13. The fraction of sp³-hybridized carbons (Fsp3) is 0.370. The fourth-order valence-electron chi connectivity index (χ4n) is 4.71. The standard InChI is InChI=1S/C27H31N3O3/c1-4-16-29(23-12-8-9-13-23)24(31)18-30-25(32)27(28-26(30)33,21-10-6-5-7-11-21)22-15-14-19(2)20(3)17-22/h5-7,10-12,14-15,17H,4,8-9,13,16,18H2,1-3H3,(H,28,33). The van der Waals surface area contributed by atoms with E-state index < -0.39 is 17.5 Å². The van der Waals surface area contributed by atoms with Crippen molar-refractivity contribution in [2.45, 2.75) is 52.0 Å². The first-order chi connectivity index (χ1) is 15.9. The smallest absolute Gasteiger partial charge is 0.315 e. The molecule has 0 spiro atoms. The van der Waals surface area contributed by atoms with Gasteiger partial charge in [-0.2, -0.15) is 0 Å². The molecule has 0 bridgehead atoms. The molecule has 0 radical (unpaired) electrons. The summed E-state index contributed by atoms with van der Waals surface area (Å²) < 4.78 is 0. The molecule has 1 atom stereocenters. The number of carbonyl (C=O) groups is 3. The van der Waals surface area contributed by atoms with Crippen LogP contribution in [0.4, 0.5) is 4.79 Å². The van der Waals surface area contributed by atoms with E-state index in [2.05, 4.69) is 11.4 Å². The van der Waals surface area contributed by atoms with Crippen LogP contribution in [0, 0.1) is 13.8 Å². The van der Waals surface area contributed by atoms with Crippen molar-refractivity contribution in [1.29, 1.82) is 0 Å². The Labute approximate surface area is 195 Å². The van der Waals surface area contributed by atoms with Gasteiger partial charge in [0.1, 0.15) is 6.54 Å². The second kappa shape index (κ2) is 9.22. The Morgan fingerprint density at radius 1 is 1.06 bits per heavy atom. The van der Waals surface area contributed by atoms with E-state index in [0.29, 0.717) is 17.7 Å². The molecule has 1 heterocycles. The minimum atomic E-state index is -1.36. The van der Waals surface area contributed by atoms with Gasteiger partial charge in [0.15, 0.2) is 5.54 Å². The summed E-state index contributed by atoms with van der Waals surface area (Å²) in [6.07, 6.45) is 5.72. The minimum Gasteiger partial charge on any atom is -0.315 e. The van der Waals surface area contributed by atoms with Crippen molar-refractivity contribution < 1.29 is 14.4 Å². The topological polar surface area (TPSA) is 69.7 Å². The van der Waals surface area contributed by atoms with Crippen LogP contribution in [0.5, 0.6) is 0 Å². The van der Waals surface area contributed by atoms with Gasteiger partial charge in [-0.1, -0.05) is 61.5 Å². The van der Waals surface area contributed by atoms with Gasteiger partial charge in [0.2, 0.25) is 5.91 Å². The molecule has 6 nitrogen and oxygen atoms in total. The zero-order valence-electron chi connectivity index (χ0n) is 19.6. The van der Waals surface area contributed by atoms with Crippen molar-refractivity contribution in [1.82, 2.24) is 15.1 Å². The summed E-state index contributed by atoms with van der Waals surface area (Å²) in [7, 11) is 0. The molecule has 1 N–H and O–H groups in total. The lowest BCUT2D eigenvalue weighted by Gasteiger charge is -2.29. The van der Waals surface area contributed by atoms with Crippen LogP contribution >= 0.6 is 0 Å². The molecule has 0 aromatic heterocycles. The van der Waals surface area contributed by atoms with Gasteiger partial charge in [-0.05, 0) is 61.8 Å². The van der Waals surface area contributed by atoms with Crippen molar-refractivity contribution in [2.24, 2.45) is 0 Å². The molecule has 6 heteroatoms. The summed E-state index contributed by atoms with van der Waals surface area (Å²) in [6.45, 7) is 6.31. The third kappa shape index (κ3) is 4.06. The largest absolute Gasteiger partial charge is 0.326 e. The van der Waals surface area contributed by atoms with Gasteiger partial charge in [-0.25, -0.2) is 4.79 Å². The van der Waals surface area contributed by atoms with Gasteiger partial charge in [0, 0.05) is 12.2 Å². The third-order valence-electron chi connectivity index (χ3n) is 6.66. The van der Waals surface area contributed by atoms with Crippen LogP contribution in [-0.2, 0) is 15.1 Å². The molecule has 1 unspecified atom stereocenters. The highest BCUT2D eigenvalue weighted by molar-refractivity contribution is 6.11. The van der Waals surface area contributed by atoms with Crippen LogP contribution in [0.25, 0.3) is 0 Å². The molecule has 1 fully saturated rings. The first-order valence-electron chi connectivity index (χ1n) is 11.6. The Kier molecular flexibility index (Phi) is 6.36. The van der Waals surface area contributed by atoms with Crippen LogP contribution in [-0.4, -0.2) is 40.7 Å². The number of carbonyl (C=O) groups excluding carboxylic acids is 3. The molecule has 33 heavy (non-hydrogen) atoms. The Morgan fingerprint density at radius 2 is 1.82 bits per heavy atom. The zero-order chi connectivity index (χ0) is 23.6. The number of imide groups is 1. The maximum Gasteiger partial charge on any atom is 0.326 e. The van der Waals surface area contributed by atoms with E-state index in [9.17, 15) is 14.4 Å². The molecule has 0 saturated carbocycles. The third-order valence-corrected chi connectivity index (χ3v) is 6.66. The highest BCUT2D eigenvalue weighted by atomic mass is 16.2. The highest BCUT2D eigenvalue weighted by Gasteiger charge is 2.54. The van der Waals surface area contributed by atoms with E-state index in [1.807, 2.05) is 69.3 Å². The van der Waals surface area contributed by atoms with Crippen LogP contribution in [0.15, 0.2) is 60.3 Å². The summed E-state index contributed by atoms with van der Waals surface area (Å²) in [5.74, 6) is -0.649. The number of amides is 4. The SMILES string of the molecule is CCCN(C(=O)CN1C(=O)NC(c2ccccc2)(c2ccc(C)c(C)c2)C1=O)C1=CCCC1. The van der Waals surface area contributed by atoms with E-state index in [0.717, 1.165) is 47.4 Å². The summed E-state index contributed by atoms with van der Waals surface area (Å²) >= 11 is 0. The van der Waals surface area contributed by atoms with Crippen molar-refractivity contribution in [3.63, 3.8) is 0 Å². The maximum absolute atomic E-state index is 13.9. The number of urea groups is 1. The molecule has 4 amide bonds. The molecular formula is C27H31N3O3. The first kappa shape index (κ1) is 22.8. The van der Waals surface area contributed by atoms with Gasteiger partial charge < -0.3 is 10.2 Å². The molecule has 2 aromatic rings. The Hall–Kier alpha value is -3.41. The van der Waals surface area contributed by atoms with Crippen LogP contribution in [0.2, 0.25) is 0 Å². The number of rotatable bonds is 7. The molecule has 1 aliphatic heterocycles. The van der Waals surface area contributed by atoms with E-state index in [1.165, 1.54) is 0 Å². The van der Waals surface area contributed by atoms with Gasteiger partial charge in [-0.15, -0.1) is 0 Å². The van der Waals surface area contributed by atoms with E-state index >= 15 is 0 Å². The monoisotopic (exact) mass is 445 g/mol. The molecule has 1 saturated heterocycles. The average molecular weight is 446 g/mol. The summed E-state index contributed by atoms with van der Waals surface area (Å²) in [5, 5.41) is 2.94. The van der Waals surface area contributed by atoms with E-state index in [-0.39, 0.29) is 12.5 Å². The number of nitrogens with one attached hydrogen (secondary N) is 1. The lowest BCUT2D eigenvalue weighted by molar-refractivity contribution is -0.137. The molecule has 172 valence electrons. The van der Waals surface area contributed by atoms with Gasteiger partial charge >= 0.3 is 6.03 Å². The molecule has 2 aromatic carbocycles. The highest BCUT2D eigenvalue weighted by Crippen LogP contribution is 2.37. The quantitative estimate of drug-likeness (QED) is 0.642. The minimum absolute atomic E-state index is 0.225. The predicted molar refractivity (Wildman–Crippen MR) is 127 cm³/mol. The van der Waals surface area contributed by atoms with Crippen LogP contribution < -0.4 is 5.32 Å². The van der Waals surface area contributed by atoms with Crippen molar-refractivity contribution in [2.75, 3.05) is 13.1 Å². The fourth-order valence-corrected chi connectivity index (χ4v) is 4.71. The van der Waals surface area contributed by atoms with Crippen LogP contribution in [0.3, 0.4) is 0 Å². The molecule has 2 aliphatic rings. The van der Waals surface area contributed by atoms with Crippen molar-refractivity contribution in [3.8, 4) is 0 Å². The lowest BCUT2D eigenvalue weighted by Crippen LogP contribution is -2.46. The normalized spacial score (nSPS) is 20.1. The summed E-state index contributed by atoms with van der Waals surface area (Å²) in [6, 6.07) is 14.5. The predicted octanol–water partition coefficient (Wildman–Crippen LogP) is 4.41. The molecular weight excluding hydrogens is 414 g/mol. The summed E-state index contributed by atoms with van der Waals surface area (Å²) in [4.78, 5) is 43.1. The van der Waals surface area contributed by atoms with E-state index in [1.54, 1.807) is 4.90 Å². The number of benzene rings is 2. The van der Waals surface area contributed by atoms with Crippen molar-refractivity contribution >= 4 is 17.8 Å². The van der Waals surface area contributed by atoms with E-state index in [4.69, 9.17) is 0 Å². The average Bonchev–Trinajstić information content (AvgIpc) is 3.43. The number of hydrogen-bond donors (Lipinski definition) is 1. The molecule has 1 aliphatic carbocycles. The number of aryl methyl sites for hydroxylation is 2. The van der Waals surface area contributed by atoms with Gasteiger partial charge in [0.25, 0.3) is 5.91 Å². The lowest BCUT2D eigenvalue weighted by atomic mass is 9.81. The second-order valence-corrected chi connectivity index (χ2v) is 8.87. The zero-order valence-corrected chi connectivity index (χ0v) is 19.6. The maximum atomic E-state index is 13.9. The van der Waals surface area contributed by atoms with Crippen LogP contribution in [0.1, 0.15) is 54.9 Å². The molecule has 4 rings (SSSR count).